The highest BCUT2D eigenvalue weighted by Gasteiger charge is 2.25. The van der Waals surface area contributed by atoms with E-state index in [1.54, 1.807) is 23.5 Å². The van der Waals surface area contributed by atoms with Crippen molar-refractivity contribution in [1.82, 2.24) is 14.5 Å². The van der Waals surface area contributed by atoms with Crippen molar-refractivity contribution in [1.29, 1.82) is 0 Å². The zero-order chi connectivity index (χ0) is 19.0. The van der Waals surface area contributed by atoms with Gasteiger partial charge >= 0.3 is 0 Å². The molecule has 154 valence electrons. The summed E-state index contributed by atoms with van der Waals surface area (Å²) in [5.74, 6) is 0.850. The number of nitrogens with zero attached hydrogens (tertiary/aromatic N) is 3. The van der Waals surface area contributed by atoms with Gasteiger partial charge in [-0.3, -0.25) is 4.99 Å². The molecule has 0 radical (unpaired) electrons. The van der Waals surface area contributed by atoms with Crippen LogP contribution in [0.2, 0.25) is 0 Å². The summed E-state index contributed by atoms with van der Waals surface area (Å²) in [4.78, 5) is 6.79. The molecule has 1 aromatic carbocycles. The summed E-state index contributed by atoms with van der Waals surface area (Å²) in [6, 6.07) is 7.18. The largest absolute Gasteiger partial charge is 0.352 e. The van der Waals surface area contributed by atoms with Crippen molar-refractivity contribution in [3.63, 3.8) is 0 Å². The molecule has 1 saturated heterocycles. The Labute approximate surface area is 181 Å². The summed E-state index contributed by atoms with van der Waals surface area (Å²) in [7, 11) is 0.446. The number of hydrogen-bond donors (Lipinski definition) is 1. The molecule has 27 heavy (non-hydrogen) atoms. The molecule has 2 rings (SSSR count). The van der Waals surface area contributed by atoms with Crippen LogP contribution in [-0.4, -0.2) is 57.3 Å². The van der Waals surface area contributed by atoms with E-state index in [-0.39, 0.29) is 24.0 Å². The molecule has 0 aromatic heterocycles. The van der Waals surface area contributed by atoms with Crippen LogP contribution in [0.4, 0.5) is 0 Å². The third kappa shape index (κ3) is 6.90. The quantitative estimate of drug-likeness (QED) is 0.349. The van der Waals surface area contributed by atoms with Crippen molar-refractivity contribution in [2.75, 3.05) is 33.7 Å². The predicted molar refractivity (Wildman–Crippen MR) is 122 cm³/mol. The number of hydrogen-bond acceptors (Lipinski definition) is 3. The van der Waals surface area contributed by atoms with Crippen LogP contribution in [0.15, 0.2) is 34.2 Å². The first kappa shape index (κ1) is 24.2. The fourth-order valence-electron chi connectivity index (χ4n) is 3.10. The normalized spacial score (nSPS) is 15.9. The maximum Gasteiger partial charge on any atom is 0.243 e. The molecule has 1 fully saturated rings. The number of nitrogens with one attached hydrogen (secondary N) is 1. The Bertz CT molecular complexity index is 686. The number of guanidine groups is 1. The number of benzene rings is 1. The summed E-state index contributed by atoms with van der Waals surface area (Å²) >= 11 is 0. The van der Waals surface area contributed by atoms with Crippen molar-refractivity contribution in [3.8, 4) is 0 Å². The molecule has 0 saturated carbocycles. The van der Waals surface area contributed by atoms with Crippen LogP contribution >= 0.6 is 24.0 Å². The maximum absolute atomic E-state index is 12.7. The third-order valence-corrected chi connectivity index (χ3v) is 6.66. The minimum Gasteiger partial charge on any atom is -0.352 e. The van der Waals surface area contributed by atoms with Gasteiger partial charge in [0, 0.05) is 40.3 Å². The molecule has 1 heterocycles. The molecule has 0 spiro atoms. The second-order valence-corrected chi connectivity index (χ2v) is 8.72. The summed E-state index contributed by atoms with van der Waals surface area (Å²) < 4.78 is 27.0. The molecule has 1 aliphatic heterocycles. The van der Waals surface area contributed by atoms with E-state index < -0.39 is 10.0 Å². The average Bonchev–Trinajstić information content (AvgIpc) is 2.68. The highest BCUT2D eigenvalue weighted by atomic mass is 127. The summed E-state index contributed by atoms with van der Waals surface area (Å²) in [5, 5.41) is 3.33. The number of rotatable bonds is 7. The van der Waals surface area contributed by atoms with Crippen molar-refractivity contribution >= 4 is 40.0 Å². The van der Waals surface area contributed by atoms with E-state index in [0.29, 0.717) is 24.5 Å². The Morgan fingerprint density at radius 1 is 1.19 bits per heavy atom. The topological polar surface area (TPSA) is 65.0 Å². The first-order chi connectivity index (χ1) is 12.5. The highest BCUT2D eigenvalue weighted by molar-refractivity contribution is 14.0. The van der Waals surface area contributed by atoms with Crippen molar-refractivity contribution in [2.45, 2.75) is 50.5 Å². The maximum atomic E-state index is 12.7. The average molecular weight is 508 g/mol. The number of piperidine rings is 1. The molecule has 0 aliphatic carbocycles. The lowest BCUT2D eigenvalue weighted by Crippen LogP contribution is -2.39. The molecule has 6 nitrogen and oxygen atoms in total. The fraction of sp³-hybridized carbons (Fsp3) is 0.632. The zero-order valence-corrected chi connectivity index (χ0v) is 19.8. The summed E-state index contributed by atoms with van der Waals surface area (Å²) in [5.41, 5.74) is 1.03. The van der Waals surface area contributed by atoms with Gasteiger partial charge in [0.25, 0.3) is 0 Å². The van der Waals surface area contributed by atoms with Crippen LogP contribution in [0, 0.1) is 0 Å². The Morgan fingerprint density at radius 3 is 2.37 bits per heavy atom. The number of sulfonamides is 1. The standard InChI is InChI=1S/C19H32N4O2S.HI/c1-4-5-13-22(3)19(20-2)21-16-17-9-11-18(12-10-17)26(24,25)23-14-7-6-8-15-23;/h9-12H,4-8,13-16H2,1-3H3,(H,20,21);1H. The van der Waals surface area contributed by atoms with Gasteiger partial charge < -0.3 is 10.2 Å². The van der Waals surface area contributed by atoms with Crippen LogP contribution < -0.4 is 5.32 Å². The van der Waals surface area contributed by atoms with E-state index in [4.69, 9.17) is 0 Å². The molecule has 8 heteroatoms. The van der Waals surface area contributed by atoms with Gasteiger partial charge in [0.05, 0.1) is 4.90 Å². The first-order valence-electron chi connectivity index (χ1n) is 9.50. The van der Waals surface area contributed by atoms with Gasteiger partial charge in [0.2, 0.25) is 10.0 Å². The van der Waals surface area contributed by atoms with Crippen molar-refractivity contribution in [3.05, 3.63) is 29.8 Å². The van der Waals surface area contributed by atoms with E-state index in [0.717, 1.165) is 50.2 Å². The van der Waals surface area contributed by atoms with Gasteiger partial charge in [-0.05, 0) is 37.0 Å². The van der Waals surface area contributed by atoms with Gasteiger partial charge in [-0.15, -0.1) is 24.0 Å². The van der Waals surface area contributed by atoms with Crippen molar-refractivity contribution < 1.29 is 8.42 Å². The fourth-order valence-corrected chi connectivity index (χ4v) is 4.62. The molecule has 0 unspecified atom stereocenters. The summed E-state index contributed by atoms with van der Waals surface area (Å²) in [6.07, 6.45) is 5.29. The molecule has 1 aromatic rings. The van der Waals surface area contributed by atoms with Crippen LogP contribution in [0.3, 0.4) is 0 Å². The first-order valence-corrected chi connectivity index (χ1v) is 10.9. The van der Waals surface area contributed by atoms with Gasteiger partial charge in [-0.2, -0.15) is 4.31 Å². The number of aliphatic imine (C=N–C) groups is 1. The number of unbranched alkanes of at least 4 members (excludes halogenated alkanes) is 1. The van der Waals surface area contributed by atoms with Gasteiger partial charge in [0.1, 0.15) is 0 Å². The molecule has 1 aliphatic rings. The predicted octanol–water partition coefficient (Wildman–Crippen LogP) is 3.29. The lowest BCUT2D eigenvalue weighted by atomic mass is 10.2. The molecule has 0 amide bonds. The van der Waals surface area contributed by atoms with Gasteiger partial charge in [0.15, 0.2) is 5.96 Å². The van der Waals surface area contributed by atoms with Crippen LogP contribution in [-0.2, 0) is 16.6 Å². The molecule has 0 bridgehead atoms. The highest BCUT2D eigenvalue weighted by Crippen LogP contribution is 2.20. The smallest absolute Gasteiger partial charge is 0.243 e. The SMILES string of the molecule is CCCCN(C)C(=NC)NCc1ccc(S(=O)(=O)N2CCCCC2)cc1.I. The Morgan fingerprint density at radius 2 is 1.81 bits per heavy atom. The van der Waals surface area contributed by atoms with Crippen molar-refractivity contribution in [2.24, 2.45) is 4.99 Å². The Kier molecular flexibility index (Phi) is 10.6. The molecular formula is C19H33IN4O2S. The van der Waals surface area contributed by atoms with E-state index in [2.05, 4.69) is 22.1 Å². The van der Waals surface area contributed by atoms with Crippen LogP contribution in [0.25, 0.3) is 0 Å². The Hall–Kier alpha value is -0.870. The molecular weight excluding hydrogens is 475 g/mol. The van der Waals surface area contributed by atoms with Crippen LogP contribution in [0.5, 0.6) is 0 Å². The van der Waals surface area contributed by atoms with E-state index in [1.165, 1.54) is 0 Å². The Balaban J connectivity index is 0.00000364. The zero-order valence-electron chi connectivity index (χ0n) is 16.6. The van der Waals surface area contributed by atoms with E-state index in [1.807, 2.05) is 19.2 Å². The monoisotopic (exact) mass is 508 g/mol. The summed E-state index contributed by atoms with van der Waals surface area (Å²) in [6.45, 7) is 5.01. The lowest BCUT2D eigenvalue weighted by Gasteiger charge is -2.26. The van der Waals surface area contributed by atoms with Crippen LogP contribution in [0.1, 0.15) is 44.6 Å². The second kappa shape index (κ2) is 11.9. The van der Waals surface area contributed by atoms with E-state index >= 15 is 0 Å². The number of halogens is 1. The van der Waals surface area contributed by atoms with Gasteiger partial charge in [-0.25, -0.2) is 8.42 Å². The minimum atomic E-state index is -3.36. The molecule has 0 atom stereocenters. The minimum absolute atomic E-state index is 0. The third-order valence-electron chi connectivity index (χ3n) is 4.75. The van der Waals surface area contributed by atoms with E-state index in [9.17, 15) is 8.42 Å². The van der Waals surface area contributed by atoms with Gasteiger partial charge in [-0.1, -0.05) is 31.9 Å². The molecule has 1 N–H and O–H groups in total. The lowest BCUT2D eigenvalue weighted by molar-refractivity contribution is 0.346. The second-order valence-electron chi connectivity index (χ2n) is 6.78.